The lowest BCUT2D eigenvalue weighted by Gasteiger charge is -2.53. The Morgan fingerprint density at radius 3 is 2.39 bits per heavy atom. The molecule has 2 aliphatic heterocycles. The van der Waals surface area contributed by atoms with Gasteiger partial charge in [-0.1, -0.05) is 57.0 Å². The minimum Gasteiger partial charge on any atom is -0.469 e. The highest BCUT2D eigenvalue weighted by Crippen LogP contribution is 2.46. The third-order valence-corrected chi connectivity index (χ3v) is 8.61. The lowest BCUT2D eigenvalue weighted by atomic mass is 9.72. The van der Waals surface area contributed by atoms with Crippen LogP contribution in [0.15, 0.2) is 48.5 Å². The molecule has 0 saturated carbocycles. The summed E-state index contributed by atoms with van der Waals surface area (Å²) in [6.45, 7) is 9.93. The molecule has 0 radical (unpaired) electrons. The molecule has 9 heteroatoms. The minimum atomic E-state index is -0.797. The monoisotopic (exact) mass is 564 g/mol. The summed E-state index contributed by atoms with van der Waals surface area (Å²) in [7, 11) is 0. The zero-order chi connectivity index (χ0) is 29.6. The number of piperazine rings is 1. The number of hydrogen-bond donors (Lipinski definition) is 3. The molecule has 0 bridgehead atoms. The highest BCUT2D eigenvalue weighted by molar-refractivity contribution is 6.03. The van der Waals surface area contributed by atoms with Crippen molar-refractivity contribution in [2.24, 2.45) is 5.41 Å². The van der Waals surface area contributed by atoms with Crippen molar-refractivity contribution < 1.29 is 24.2 Å². The number of likely N-dealkylation sites (tertiary alicyclic amines) is 1. The first-order valence-electron chi connectivity index (χ1n) is 14.9. The highest BCUT2D eigenvalue weighted by Gasteiger charge is 2.63. The van der Waals surface area contributed by atoms with Gasteiger partial charge >= 0.3 is 6.03 Å². The molecule has 2 saturated heterocycles. The van der Waals surface area contributed by atoms with Crippen LogP contribution in [0.25, 0.3) is 0 Å². The number of benzene rings is 2. The van der Waals surface area contributed by atoms with Crippen molar-refractivity contribution in [2.45, 2.75) is 78.1 Å². The second-order valence-corrected chi connectivity index (χ2v) is 11.1. The lowest BCUT2D eigenvalue weighted by molar-refractivity contribution is -0.191. The number of rotatable bonds is 11. The molecule has 2 heterocycles. The van der Waals surface area contributed by atoms with Gasteiger partial charge in [0.05, 0.1) is 6.04 Å². The number of nitrogens with zero attached hydrogens (tertiary/aromatic N) is 2. The molecular weight excluding hydrogens is 520 g/mol. The van der Waals surface area contributed by atoms with Gasteiger partial charge in [0.25, 0.3) is 5.91 Å². The van der Waals surface area contributed by atoms with E-state index in [1.54, 1.807) is 29.2 Å². The van der Waals surface area contributed by atoms with E-state index in [1.165, 1.54) is 4.90 Å². The molecule has 3 unspecified atom stereocenters. The van der Waals surface area contributed by atoms with E-state index in [4.69, 9.17) is 4.74 Å². The van der Waals surface area contributed by atoms with Gasteiger partial charge in [-0.25, -0.2) is 9.69 Å². The topological polar surface area (TPSA) is 111 Å². The molecule has 3 atom stereocenters. The van der Waals surface area contributed by atoms with Gasteiger partial charge in [0.15, 0.2) is 6.23 Å². The van der Waals surface area contributed by atoms with Crippen LogP contribution in [0.2, 0.25) is 0 Å². The maximum Gasteiger partial charge on any atom is 0.327 e. The van der Waals surface area contributed by atoms with E-state index in [0.29, 0.717) is 50.2 Å². The number of ether oxygens (including phenoxy) is 1. The van der Waals surface area contributed by atoms with Crippen LogP contribution >= 0.6 is 0 Å². The van der Waals surface area contributed by atoms with Crippen molar-refractivity contribution in [1.29, 1.82) is 0 Å². The largest absolute Gasteiger partial charge is 0.469 e. The van der Waals surface area contributed by atoms with Gasteiger partial charge in [-0.05, 0) is 62.4 Å². The van der Waals surface area contributed by atoms with Crippen LogP contribution in [0.5, 0.6) is 5.75 Å². The van der Waals surface area contributed by atoms with Crippen molar-refractivity contribution in [3.63, 3.8) is 0 Å². The number of imide groups is 1. The average Bonchev–Trinajstić information content (AvgIpc) is 2.98. The second kappa shape index (κ2) is 13.5. The van der Waals surface area contributed by atoms with E-state index >= 15 is 0 Å². The zero-order valence-corrected chi connectivity index (χ0v) is 24.7. The van der Waals surface area contributed by atoms with Crippen LogP contribution in [-0.4, -0.2) is 71.3 Å². The van der Waals surface area contributed by atoms with Crippen LogP contribution in [0.1, 0.15) is 80.4 Å². The van der Waals surface area contributed by atoms with Crippen LogP contribution in [0, 0.1) is 12.3 Å². The number of amides is 4. The second-order valence-electron chi connectivity index (χ2n) is 11.1. The van der Waals surface area contributed by atoms with Gasteiger partial charge in [0.2, 0.25) is 5.91 Å². The fourth-order valence-corrected chi connectivity index (χ4v) is 5.93. The number of aliphatic hydroxyl groups excluding tert-OH is 1. The van der Waals surface area contributed by atoms with E-state index < -0.39 is 17.7 Å². The quantitative estimate of drug-likeness (QED) is 0.349. The maximum absolute atomic E-state index is 13.5. The molecular formula is C32H44N4O5. The summed E-state index contributed by atoms with van der Waals surface area (Å²) in [5.74, 6) is 0.162. The molecule has 0 aromatic heterocycles. The summed E-state index contributed by atoms with van der Waals surface area (Å²) in [6.07, 6.45) is 2.47. The molecule has 0 aliphatic carbocycles. The lowest BCUT2D eigenvalue weighted by Crippen LogP contribution is -2.73. The fraction of sp³-hybridized carbons (Fsp3) is 0.531. The number of carbonyl (C=O) groups is 3. The number of aliphatic hydroxyl groups is 1. The van der Waals surface area contributed by atoms with Crippen molar-refractivity contribution >= 4 is 17.8 Å². The summed E-state index contributed by atoms with van der Waals surface area (Å²) in [6, 6.07) is 14.2. The third kappa shape index (κ3) is 6.26. The molecule has 2 aromatic carbocycles. The Balaban J connectivity index is 1.50. The molecule has 4 amide bonds. The first-order chi connectivity index (χ1) is 19.8. The molecule has 2 aliphatic rings. The first-order valence-corrected chi connectivity index (χ1v) is 14.9. The molecule has 2 fully saturated rings. The Bertz CT molecular complexity index is 1190. The number of nitrogens with one attached hydrogen (secondary N) is 2. The number of urea groups is 1. The molecule has 3 N–H and O–H groups in total. The maximum atomic E-state index is 13.5. The van der Waals surface area contributed by atoms with Gasteiger partial charge in [-0.3, -0.25) is 9.59 Å². The fourth-order valence-electron chi connectivity index (χ4n) is 5.93. The Hall–Kier alpha value is -3.43. The summed E-state index contributed by atoms with van der Waals surface area (Å²) < 4.78 is 6.33. The van der Waals surface area contributed by atoms with Crippen LogP contribution < -0.4 is 15.4 Å². The predicted octanol–water partition coefficient (Wildman–Crippen LogP) is 4.40. The summed E-state index contributed by atoms with van der Waals surface area (Å²) in [5, 5.41) is 15.8. The molecule has 2 aromatic rings. The van der Waals surface area contributed by atoms with Gasteiger partial charge < -0.3 is 25.4 Å². The Morgan fingerprint density at radius 2 is 1.78 bits per heavy atom. The van der Waals surface area contributed by atoms with E-state index in [9.17, 15) is 19.5 Å². The van der Waals surface area contributed by atoms with Gasteiger partial charge in [-0.2, -0.15) is 0 Å². The SMILES string of the molecule is CCCC(NC(=O)N1C(=O)C(CC)(CC)C1Oc1ccc(C(=O)N2CCNCC2CCO)cc1)c1ccc(C)cc1. The summed E-state index contributed by atoms with van der Waals surface area (Å²) >= 11 is 0. The summed E-state index contributed by atoms with van der Waals surface area (Å²) in [5.41, 5.74) is 1.87. The number of hydrogen-bond acceptors (Lipinski definition) is 6. The van der Waals surface area contributed by atoms with Crippen LogP contribution in [-0.2, 0) is 4.79 Å². The van der Waals surface area contributed by atoms with Crippen molar-refractivity contribution in [1.82, 2.24) is 20.4 Å². The molecule has 9 nitrogen and oxygen atoms in total. The van der Waals surface area contributed by atoms with Crippen LogP contribution in [0.3, 0.4) is 0 Å². The summed E-state index contributed by atoms with van der Waals surface area (Å²) in [4.78, 5) is 43.2. The first kappa shape index (κ1) is 30.5. The zero-order valence-electron chi connectivity index (χ0n) is 24.7. The Labute approximate surface area is 243 Å². The van der Waals surface area contributed by atoms with Crippen molar-refractivity contribution in [3.8, 4) is 5.75 Å². The number of β-lactam (4-membered cyclic amide) rings is 1. The van der Waals surface area contributed by atoms with Crippen LogP contribution in [0.4, 0.5) is 4.79 Å². The van der Waals surface area contributed by atoms with Crippen molar-refractivity contribution in [2.75, 3.05) is 26.2 Å². The van der Waals surface area contributed by atoms with E-state index in [-0.39, 0.29) is 30.5 Å². The third-order valence-electron chi connectivity index (χ3n) is 8.61. The van der Waals surface area contributed by atoms with E-state index in [2.05, 4.69) is 17.6 Å². The number of aryl methyl sites for hydroxylation is 1. The Kier molecular flexibility index (Phi) is 10.0. The highest BCUT2D eigenvalue weighted by atomic mass is 16.5. The molecule has 41 heavy (non-hydrogen) atoms. The predicted molar refractivity (Wildman–Crippen MR) is 157 cm³/mol. The smallest absolute Gasteiger partial charge is 0.327 e. The molecule has 0 spiro atoms. The van der Waals surface area contributed by atoms with Gasteiger partial charge in [0.1, 0.15) is 11.2 Å². The van der Waals surface area contributed by atoms with E-state index in [1.807, 2.05) is 45.0 Å². The normalized spacial score (nSPS) is 20.8. The van der Waals surface area contributed by atoms with Gasteiger partial charge in [0, 0.05) is 37.8 Å². The standard InChI is InChI=1S/C32H44N4O5/c1-5-8-27(23-11-9-22(4)10-12-23)34-31(40)36-29(39)32(6-2,7-3)30(36)41-26-15-13-24(14-16-26)28(38)35-19-18-33-21-25(35)17-20-37/h9-16,25,27,30,33,37H,5-8,17-21H2,1-4H3,(H,34,40). The minimum absolute atomic E-state index is 0.0217. The molecule has 4 rings (SSSR count). The average molecular weight is 565 g/mol. The van der Waals surface area contributed by atoms with E-state index in [0.717, 1.165) is 24.0 Å². The Morgan fingerprint density at radius 1 is 1.10 bits per heavy atom. The van der Waals surface area contributed by atoms with Crippen molar-refractivity contribution in [3.05, 3.63) is 65.2 Å². The number of carbonyl (C=O) groups excluding carboxylic acids is 3. The van der Waals surface area contributed by atoms with Gasteiger partial charge in [-0.15, -0.1) is 0 Å². The molecule has 222 valence electrons.